The molecule has 2 aliphatic carbocycles. The van der Waals surface area contributed by atoms with Crippen molar-refractivity contribution >= 4 is 17.9 Å². The Morgan fingerprint density at radius 2 is 1.68 bits per heavy atom. The molecule has 1 aromatic heterocycles. The van der Waals surface area contributed by atoms with Crippen molar-refractivity contribution in [1.29, 1.82) is 0 Å². The van der Waals surface area contributed by atoms with Crippen LogP contribution in [0.25, 0.3) is 11.1 Å². The number of carboxylic acid groups (broad SMARTS) is 1. The smallest absolute Gasteiger partial charge is 0.415 e. The van der Waals surface area contributed by atoms with Crippen molar-refractivity contribution in [2.75, 3.05) is 11.5 Å². The van der Waals surface area contributed by atoms with E-state index in [1.165, 1.54) is 11.1 Å². The van der Waals surface area contributed by atoms with Gasteiger partial charge in [-0.2, -0.15) is 0 Å². The van der Waals surface area contributed by atoms with Crippen LogP contribution in [0.4, 0.5) is 10.6 Å². The van der Waals surface area contributed by atoms with Crippen LogP contribution in [0, 0.1) is 12.8 Å². The van der Waals surface area contributed by atoms with Gasteiger partial charge in [-0.05, 0) is 60.1 Å². The summed E-state index contributed by atoms with van der Waals surface area (Å²) in [7, 11) is 0. The Kier molecular flexibility index (Phi) is 6.05. The molecule has 0 aliphatic heterocycles. The second kappa shape index (κ2) is 9.29. The van der Waals surface area contributed by atoms with Gasteiger partial charge in [0.15, 0.2) is 0 Å². The number of aryl methyl sites for hydroxylation is 1. The van der Waals surface area contributed by atoms with Crippen LogP contribution in [-0.4, -0.2) is 34.8 Å². The quantitative estimate of drug-likeness (QED) is 0.526. The minimum atomic E-state index is -0.811. The maximum atomic E-state index is 13.5. The lowest BCUT2D eigenvalue weighted by Gasteiger charge is -2.35. The number of aromatic nitrogens is 1. The van der Waals surface area contributed by atoms with Gasteiger partial charge in [0.2, 0.25) is 0 Å². The number of hydrogen-bond donors (Lipinski definition) is 1. The summed E-state index contributed by atoms with van der Waals surface area (Å²) in [6, 6.07) is 19.9. The minimum absolute atomic E-state index is 0.0395. The molecule has 2 aliphatic rings. The first kappa shape index (κ1) is 22.1. The number of carbonyl (C=O) groups excluding carboxylic acids is 1. The standard InChI is InChI=1S/C28H28N2O4/c1-18-13-14-26(29-16-18)30(20-8-6-7-19(15-20)27(31)32)28(33)34-17-25-23-11-4-2-9-21(23)22-10-3-5-12-24(22)25/h2-5,9-14,16,19-20,25H,6-8,15,17H2,1H3,(H,31,32)/t19-,20+/m1/s1. The van der Waals surface area contributed by atoms with Crippen LogP contribution >= 0.6 is 0 Å². The largest absolute Gasteiger partial charge is 0.481 e. The number of carbonyl (C=O) groups is 2. The van der Waals surface area contributed by atoms with Crippen LogP contribution in [-0.2, 0) is 9.53 Å². The van der Waals surface area contributed by atoms with E-state index in [2.05, 4.69) is 29.2 Å². The highest BCUT2D eigenvalue weighted by atomic mass is 16.6. The van der Waals surface area contributed by atoms with Crippen molar-refractivity contribution in [3.05, 3.63) is 83.6 Å². The number of carboxylic acids is 1. The van der Waals surface area contributed by atoms with Gasteiger partial charge in [0.1, 0.15) is 12.4 Å². The third-order valence-corrected chi connectivity index (χ3v) is 7.04. The predicted octanol–water partition coefficient (Wildman–Crippen LogP) is 5.79. The number of amides is 1. The van der Waals surface area contributed by atoms with Gasteiger partial charge < -0.3 is 9.84 Å². The van der Waals surface area contributed by atoms with Crippen LogP contribution in [0.1, 0.15) is 48.3 Å². The number of ether oxygens (including phenoxy) is 1. The maximum Gasteiger partial charge on any atom is 0.415 e. The minimum Gasteiger partial charge on any atom is -0.481 e. The number of hydrogen-bond acceptors (Lipinski definition) is 4. The van der Waals surface area contributed by atoms with Gasteiger partial charge in [0.05, 0.1) is 5.92 Å². The molecule has 1 fully saturated rings. The maximum absolute atomic E-state index is 13.5. The summed E-state index contributed by atoms with van der Waals surface area (Å²) in [6.45, 7) is 2.15. The molecule has 0 bridgehead atoms. The third kappa shape index (κ3) is 4.16. The zero-order valence-corrected chi connectivity index (χ0v) is 19.2. The topological polar surface area (TPSA) is 79.7 Å². The first-order valence-electron chi connectivity index (χ1n) is 11.8. The molecule has 2 atom stereocenters. The van der Waals surface area contributed by atoms with Crippen LogP contribution in [0.2, 0.25) is 0 Å². The summed E-state index contributed by atoms with van der Waals surface area (Å²) in [5.74, 6) is -0.816. The second-order valence-electron chi connectivity index (χ2n) is 9.22. The summed E-state index contributed by atoms with van der Waals surface area (Å²) in [5.41, 5.74) is 5.64. The van der Waals surface area contributed by atoms with Gasteiger partial charge in [0.25, 0.3) is 0 Å². The summed E-state index contributed by atoms with van der Waals surface area (Å²) in [6.07, 6.45) is 3.75. The number of rotatable bonds is 5. The highest BCUT2D eigenvalue weighted by molar-refractivity contribution is 5.87. The molecule has 6 heteroatoms. The fourth-order valence-electron chi connectivity index (χ4n) is 5.32. The van der Waals surface area contributed by atoms with Crippen molar-refractivity contribution in [3.8, 4) is 11.1 Å². The van der Waals surface area contributed by atoms with Gasteiger partial charge in [-0.15, -0.1) is 0 Å². The molecule has 1 amide bonds. The average Bonchev–Trinajstić information content (AvgIpc) is 3.18. The molecule has 5 rings (SSSR count). The molecule has 1 N–H and O–H groups in total. The van der Waals surface area contributed by atoms with Gasteiger partial charge in [0, 0.05) is 18.2 Å². The second-order valence-corrected chi connectivity index (χ2v) is 9.22. The first-order chi connectivity index (χ1) is 16.5. The van der Waals surface area contributed by atoms with Crippen LogP contribution in [0.3, 0.4) is 0 Å². The molecule has 6 nitrogen and oxygen atoms in total. The van der Waals surface area contributed by atoms with Crippen LogP contribution in [0.5, 0.6) is 0 Å². The van der Waals surface area contributed by atoms with E-state index in [-0.39, 0.29) is 18.6 Å². The molecule has 34 heavy (non-hydrogen) atoms. The normalized spacial score (nSPS) is 19.2. The molecule has 0 unspecified atom stereocenters. The lowest BCUT2D eigenvalue weighted by molar-refractivity contribution is -0.142. The van der Waals surface area contributed by atoms with E-state index < -0.39 is 18.0 Å². The Labute approximate surface area is 199 Å². The van der Waals surface area contributed by atoms with Crippen LogP contribution < -0.4 is 4.90 Å². The van der Waals surface area contributed by atoms with E-state index in [0.717, 1.165) is 29.5 Å². The lowest BCUT2D eigenvalue weighted by Crippen LogP contribution is -2.45. The van der Waals surface area contributed by atoms with E-state index in [4.69, 9.17) is 4.74 Å². The Hall–Kier alpha value is -3.67. The highest BCUT2D eigenvalue weighted by Gasteiger charge is 2.36. The Balaban J connectivity index is 1.40. The van der Waals surface area contributed by atoms with E-state index in [1.54, 1.807) is 17.2 Å². The average molecular weight is 457 g/mol. The van der Waals surface area contributed by atoms with E-state index in [9.17, 15) is 14.7 Å². The Morgan fingerprint density at radius 3 is 2.29 bits per heavy atom. The fraction of sp³-hybridized carbons (Fsp3) is 0.321. The molecule has 0 spiro atoms. The fourth-order valence-corrected chi connectivity index (χ4v) is 5.32. The third-order valence-electron chi connectivity index (χ3n) is 7.04. The molecule has 174 valence electrons. The van der Waals surface area contributed by atoms with Gasteiger partial charge in [-0.25, -0.2) is 9.78 Å². The summed E-state index contributed by atoms with van der Waals surface area (Å²) in [5, 5.41) is 9.57. The molecule has 1 heterocycles. The number of fused-ring (bicyclic) bond motifs is 3. The molecular formula is C28H28N2O4. The first-order valence-corrected chi connectivity index (χ1v) is 11.8. The van der Waals surface area contributed by atoms with Gasteiger partial charge in [-0.1, -0.05) is 61.0 Å². The number of nitrogens with zero attached hydrogens (tertiary/aromatic N) is 2. The van der Waals surface area contributed by atoms with Crippen LogP contribution in [0.15, 0.2) is 66.9 Å². The highest BCUT2D eigenvalue weighted by Crippen LogP contribution is 2.44. The van der Waals surface area contributed by atoms with Crippen molar-refractivity contribution < 1.29 is 19.4 Å². The molecular weight excluding hydrogens is 428 g/mol. The lowest BCUT2D eigenvalue weighted by atomic mass is 9.85. The van der Waals surface area contributed by atoms with E-state index in [1.807, 2.05) is 37.3 Å². The molecule has 2 aromatic carbocycles. The number of aliphatic carboxylic acids is 1. The molecule has 0 radical (unpaired) electrons. The number of anilines is 1. The van der Waals surface area contributed by atoms with Crippen molar-refractivity contribution in [2.24, 2.45) is 5.92 Å². The summed E-state index contributed by atoms with van der Waals surface area (Å²) < 4.78 is 5.93. The Bertz CT molecular complexity index is 1160. The Morgan fingerprint density at radius 1 is 1.00 bits per heavy atom. The van der Waals surface area contributed by atoms with E-state index >= 15 is 0 Å². The summed E-state index contributed by atoms with van der Waals surface area (Å²) >= 11 is 0. The molecule has 0 saturated heterocycles. The monoisotopic (exact) mass is 456 g/mol. The van der Waals surface area contributed by atoms with Crippen molar-refractivity contribution in [3.63, 3.8) is 0 Å². The SMILES string of the molecule is Cc1ccc(N(C(=O)OCC2c3ccccc3-c3ccccc32)[C@H]2CCC[C@@H](C(=O)O)C2)nc1. The number of pyridine rings is 1. The summed E-state index contributed by atoms with van der Waals surface area (Å²) in [4.78, 5) is 31.2. The zero-order chi connectivity index (χ0) is 23.7. The van der Waals surface area contributed by atoms with Gasteiger partial charge >= 0.3 is 12.1 Å². The van der Waals surface area contributed by atoms with Gasteiger partial charge in [-0.3, -0.25) is 9.69 Å². The molecule has 3 aromatic rings. The van der Waals surface area contributed by atoms with Crippen molar-refractivity contribution in [1.82, 2.24) is 4.98 Å². The zero-order valence-electron chi connectivity index (χ0n) is 19.2. The predicted molar refractivity (Wildman–Crippen MR) is 130 cm³/mol. The van der Waals surface area contributed by atoms with E-state index in [0.29, 0.717) is 18.7 Å². The van der Waals surface area contributed by atoms with Crippen molar-refractivity contribution in [2.45, 2.75) is 44.6 Å². The number of benzene rings is 2. The molecule has 1 saturated carbocycles.